The third kappa shape index (κ3) is 4.59. The number of methoxy groups -OCH3 is 1. The van der Waals surface area contributed by atoms with Gasteiger partial charge in [-0.15, -0.1) is 0 Å². The zero-order chi connectivity index (χ0) is 18.6. The second-order valence-corrected chi connectivity index (χ2v) is 8.40. The molecule has 2 N–H and O–H groups in total. The van der Waals surface area contributed by atoms with Crippen molar-refractivity contribution >= 4 is 33.1 Å². The summed E-state index contributed by atoms with van der Waals surface area (Å²) in [4.78, 5) is 4.37. The maximum Gasteiger partial charge on any atom is 0.261 e. The largest absolute Gasteiger partial charge is 0.495 e. The van der Waals surface area contributed by atoms with Crippen LogP contribution >= 0.6 is 11.6 Å². The SMILES string of the molecule is COc1ccc(S(=O)(=O)Nc2ccc(NC3CCCCC3)nc2)cc1Cl. The summed E-state index contributed by atoms with van der Waals surface area (Å²) >= 11 is 6.01. The molecule has 3 rings (SSSR count). The highest BCUT2D eigenvalue weighted by Gasteiger charge is 2.17. The molecule has 0 radical (unpaired) electrons. The van der Waals surface area contributed by atoms with Crippen LogP contribution in [0.1, 0.15) is 32.1 Å². The summed E-state index contributed by atoms with van der Waals surface area (Å²) in [5.41, 5.74) is 0.395. The van der Waals surface area contributed by atoms with Crippen LogP contribution in [0.2, 0.25) is 5.02 Å². The fraction of sp³-hybridized carbons (Fsp3) is 0.389. The first-order valence-corrected chi connectivity index (χ1v) is 10.4. The maximum absolute atomic E-state index is 12.5. The lowest BCUT2D eigenvalue weighted by Gasteiger charge is -2.23. The normalized spacial score (nSPS) is 15.5. The summed E-state index contributed by atoms with van der Waals surface area (Å²) in [6, 6.07) is 8.25. The number of hydrogen-bond donors (Lipinski definition) is 2. The van der Waals surface area contributed by atoms with E-state index in [1.165, 1.54) is 50.8 Å². The van der Waals surface area contributed by atoms with Gasteiger partial charge in [0.05, 0.1) is 28.9 Å². The summed E-state index contributed by atoms with van der Waals surface area (Å²) in [7, 11) is -2.28. The Morgan fingerprint density at radius 1 is 1.15 bits per heavy atom. The number of halogens is 1. The predicted molar refractivity (Wildman–Crippen MR) is 104 cm³/mol. The molecule has 26 heavy (non-hydrogen) atoms. The molecule has 2 aromatic rings. The first-order chi connectivity index (χ1) is 12.5. The molecule has 6 nitrogen and oxygen atoms in total. The van der Waals surface area contributed by atoms with E-state index < -0.39 is 10.0 Å². The van der Waals surface area contributed by atoms with E-state index in [1.807, 2.05) is 0 Å². The monoisotopic (exact) mass is 395 g/mol. The molecule has 0 aliphatic heterocycles. The Balaban J connectivity index is 1.68. The molecule has 1 saturated carbocycles. The van der Waals surface area contributed by atoms with E-state index in [0.29, 0.717) is 17.5 Å². The molecule has 0 bridgehead atoms. The van der Waals surface area contributed by atoms with Crippen molar-refractivity contribution in [3.05, 3.63) is 41.6 Å². The first kappa shape index (κ1) is 18.8. The number of nitrogens with zero attached hydrogens (tertiary/aromatic N) is 1. The third-order valence-corrected chi connectivity index (χ3v) is 6.08. The van der Waals surface area contributed by atoms with Crippen molar-refractivity contribution in [2.24, 2.45) is 0 Å². The molecule has 0 saturated heterocycles. The number of anilines is 2. The Morgan fingerprint density at radius 3 is 2.54 bits per heavy atom. The smallest absolute Gasteiger partial charge is 0.261 e. The van der Waals surface area contributed by atoms with Gasteiger partial charge in [-0.3, -0.25) is 4.72 Å². The highest BCUT2D eigenvalue weighted by Crippen LogP contribution is 2.28. The lowest BCUT2D eigenvalue weighted by molar-refractivity contribution is 0.414. The van der Waals surface area contributed by atoms with Gasteiger partial charge in [0.1, 0.15) is 11.6 Å². The minimum Gasteiger partial charge on any atom is -0.495 e. The van der Waals surface area contributed by atoms with Crippen LogP contribution in [-0.2, 0) is 10.0 Å². The van der Waals surface area contributed by atoms with Crippen LogP contribution in [0.25, 0.3) is 0 Å². The van der Waals surface area contributed by atoms with Gasteiger partial charge in [-0.1, -0.05) is 30.9 Å². The zero-order valence-corrected chi connectivity index (χ0v) is 16.1. The second kappa shape index (κ2) is 8.14. The van der Waals surface area contributed by atoms with Gasteiger partial charge in [0, 0.05) is 6.04 Å². The molecule has 1 aliphatic carbocycles. The first-order valence-electron chi connectivity index (χ1n) is 8.57. The topological polar surface area (TPSA) is 80.3 Å². The summed E-state index contributed by atoms with van der Waals surface area (Å²) < 4.78 is 32.6. The zero-order valence-electron chi connectivity index (χ0n) is 14.5. The Hall–Kier alpha value is -1.99. The fourth-order valence-corrected chi connectivity index (χ4v) is 4.42. The minimum absolute atomic E-state index is 0.0627. The van der Waals surface area contributed by atoms with Gasteiger partial charge in [0.15, 0.2) is 0 Å². The Morgan fingerprint density at radius 2 is 1.92 bits per heavy atom. The van der Waals surface area contributed by atoms with Crippen molar-refractivity contribution in [3.63, 3.8) is 0 Å². The van der Waals surface area contributed by atoms with Crippen LogP contribution in [0.4, 0.5) is 11.5 Å². The van der Waals surface area contributed by atoms with Crippen molar-refractivity contribution in [1.29, 1.82) is 0 Å². The van der Waals surface area contributed by atoms with E-state index in [2.05, 4.69) is 15.0 Å². The van der Waals surface area contributed by atoms with Gasteiger partial charge in [0.25, 0.3) is 10.0 Å². The number of pyridine rings is 1. The average Bonchev–Trinajstić information content (AvgIpc) is 2.64. The Labute approximate surface area is 159 Å². The van der Waals surface area contributed by atoms with E-state index in [4.69, 9.17) is 16.3 Å². The number of nitrogens with one attached hydrogen (secondary N) is 2. The van der Waals surface area contributed by atoms with E-state index in [-0.39, 0.29) is 9.92 Å². The lowest BCUT2D eigenvalue weighted by atomic mass is 9.95. The molecule has 0 unspecified atom stereocenters. The van der Waals surface area contributed by atoms with Crippen LogP contribution in [0.15, 0.2) is 41.4 Å². The van der Waals surface area contributed by atoms with Gasteiger partial charge in [-0.2, -0.15) is 0 Å². The number of ether oxygens (including phenoxy) is 1. The molecule has 8 heteroatoms. The van der Waals surface area contributed by atoms with Crippen LogP contribution in [0, 0.1) is 0 Å². The molecular weight excluding hydrogens is 374 g/mol. The van der Waals surface area contributed by atoms with Crippen LogP contribution in [0.3, 0.4) is 0 Å². The van der Waals surface area contributed by atoms with Crippen molar-refractivity contribution in [2.45, 2.75) is 43.0 Å². The van der Waals surface area contributed by atoms with Gasteiger partial charge in [-0.05, 0) is 43.2 Å². The molecule has 0 atom stereocenters. The summed E-state index contributed by atoms with van der Waals surface area (Å²) in [6.45, 7) is 0. The molecule has 1 aliphatic rings. The summed E-state index contributed by atoms with van der Waals surface area (Å²) in [5, 5.41) is 3.64. The number of benzene rings is 1. The number of aromatic nitrogens is 1. The highest BCUT2D eigenvalue weighted by atomic mass is 35.5. The molecule has 1 heterocycles. The standard InChI is InChI=1S/C18H22ClN3O3S/c1-25-17-9-8-15(11-16(17)19)26(23,24)22-14-7-10-18(20-12-14)21-13-5-3-2-4-6-13/h7-13,22H,2-6H2,1H3,(H,20,21). The van der Waals surface area contributed by atoms with Gasteiger partial charge < -0.3 is 10.1 Å². The lowest BCUT2D eigenvalue weighted by Crippen LogP contribution is -2.22. The molecular formula is C18H22ClN3O3S. The molecule has 0 amide bonds. The van der Waals surface area contributed by atoms with Crippen LogP contribution < -0.4 is 14.8 Å². The summed E-state index contributed by atoms with van der Waals surface area (Å²) in [6.07, 6.45) is 7.57. The molecule has 140 valence electrons. The van der Waals surface area contributed by atoms with E-state index in [1.54, 1.807) is 12.1 Å². The van der Waals surface area contributed by atoms with Crippen molar-refractivity contribution in [1.82, 2.24) is 4.98 Å². The summed E-state index contributed by atoms with van der Waals surface area (Å²) in [5.74, 6) is 1.18. The van der Waals surface area contributed by atoms with Gasteiger partial charge >= 0.3 is 0 Å². The van der Waals surface area contributed by atoms with E-state index in [0.717, 1.165) is 18.7 Å². The van der Waals surface area contributed by atoms with Gasteiger partial charge in [-0.25, -0.2) is 13.4 Å². The second-order valence-electron chi connectivity index (χ2n) is 6.31. The number of rotatable bonds is 6. The minimum atomic E-state index is -3.75. The molecule has 1 fully saturated rings. The fourth-order valence-electron chi connectivity index (χ4n) is 3.02. The van der Waals surface area contributed by atoms with Crippen molar-refractivity contribution in [3.8, 4) is 5.75 Å². The highest BCUT2D eigenvalue weighted by molar-refractivity contribution is 7.92. The average molecular weight is 396 g/mol. The molecule has 1 aromatic heterocycles. The van der Waals surface area contributed by atoms with Gasteiger partial charge in [0.2, 0.25) is 0 Å². The quantitative estimate of drug-likeness (QED) is 0.762. The van der Waals surface area contributed by atoms with Crippen LogP contribution in [0.5, 0.6) is 5.75 Å². The van der Waals surface area contributed by atoms with Crippen molar-refractivity contribution in [2.75, 3.05) is 17.1 Å². The predicted octanol–water partition coefficient (Wildman–Crippen LogP) is 4.29. The Bertz CT molecular complexity index is 850. The Kier molecular flexibility index (Phi) is 5.88. The molecule has 1 aromatic carbocycles. The number of hydrogen-bond acceptors (Lipinski definition) is 5. The van der Waals surface area contributed by atoms with Crippen LogP contribution in [-0.4, -0.2) is 26.6 Å². The third-order valence-electron chi connectivity index (χ3n) is 4.41. The molecule has 0 spiro atoms. The van der Waals surface area contributed by atoms with Crippen molar-refractivity contribution < 1.29 is 13.2 Å². The van der Waals surface area contributed by atoms with E-state index >= 15 is 0 Å². The maximum atomic E-state index is 12.5. The van der Waals surface area contributed by atoms with E-state index in [9.17, 15) is 8.42 Å². The number of sulfonamides is 1.